The number of rotatable bonds is 4. The highest BCUT2D eigenvalue weighted by Gasteiger charge is 2.12. The minimum Gasteiger partial charge on any atom is -0.477 e. The van der Waals surface area contributed by atoms with Gasteiger partial charge in [-0.25, -0.2) is 4.79 Å². The molecule has 0 aromatic carbocycles. The standard InChI is InChI=1S/C13H10ClNO3S2/c1-7-6-11(20-12(7)13(17)18)15-10(16)5-3-8-2-4-9(14)19-8/h2-6H,1H3,(H,15,16)(H,17,18)/b5-3+. The van der Waals surface area contributed by atoms with Crippen molar-refractivity contribution in [3.63, 3.8) is 0 Å². The zero-order valence-corrected chi connectivity index (χ0v) is 12.7. The third-order valence-electron chi connectivity index (χ3n) is 2.35. The van der Waals surface area contributed by atoms with Crippen molar-refractivity contribution in [3.05, 3.63) is 43.9 Å². The molecule has 0 atom stereocenters. The van der Waals surface area contributed by atoms with Gasteiger partial charge in [-0.05, 0) is 36.8 Å². The summed E-state index contributed by atoms with van der Waals surface area (Å²) in [5, 5.41) is 12.1. The minimum atomic E-state index is -0.989. The summed E-state index contributed by atoms with van der Waals surface area (Å²) in [5.41, 5.74) is 0.631. The van der Waals surface area contributed by atoms with Gasteiger partial charge in [0.15, 0.2) is 0 Å². The molecule has 4 nitrogen and oxygen atoms in total. The highest BCUT2D eigenvalue weighted by Crippen LogP contribution is 2.26. The highest BCUT2D eigenvalue weighted by molar-refractivity contribution is 7.18. The first kappa shape index (κ1) is 14.8. The number of hydrogen-bond acceptors (Lipinski definition) is 4. The quantitative estimate of drug-likeness (QED) is 0.830. The predicted octanol–water partition coefficient (Wildman–Crippen LogP) is 4.12. The van der Waals surface area contributed by atoms with Crippen LogP contribution in [0.2, 0.25) is 4.34 Å². The molecule has 7 heteroatoms. The van der Waals surface area contributed by atoms with E-state index in [0.717, 1.165) is 16.2 Å². The summed E-state index contributed by atoms with van der Waals surface area (Å²) >= 11 is 8.19. The van der Waals surface area contributed by atoms with Crippen molar-refractivity contribution >= 4 is 57.2 Å². The third-order valence-corrected chi connectivity index (χ3v) is 4.69. The lowest BCUT2D eigenvalue weighted by Crippen LogP contribution is -2.05. The first-order chi connectivity index (χ1) is 9.45. The van der Waals surface area contributed by atoms with Crippen LogP contribution < -0.4 is 5.32 Å². The lowest BCUT2D eigenvalue weighted by atomic mass is 10.3. The Balaban J connectivity index is 2.03. The summed E-state index contributed by atoms with van der Waals surface area (Å²) < 4.78 is 0.657. The van der Waals surface area contributed by atoms with E-state index in [1.54, 1.807) is 25.1 Å². The average molecular weight is 328 g/mol. The zero-order valence-electron chi connectivity index (χ0n) is 10.3. The summed E-state index contributed by atoms with van der Waals surface area (Å²) in [6.45, 7) is 1.69. The van der Waals surface area contributed by atoms with E-state index in [0.29, 0.717) is 14.9 Å². The van der Waals surface area contributed by atoms with Crippen LogP contribution in [0.3, 0.4) is 0 Å². The van der Waals surface area contributed by atoms with Crippen LogP contribution in [0.15, 0.2) is 24.3 Å². The zero-order chi connectivity index (χ0) is 14.7. The molecule has 1 amide bonds. The molecule has 0 saturated heterocycles. The third kappa shape index (κ3) is 3.69. The number of thiophene rings is 2. The molecule has 0 spiro atoms. The summed E-state index contributed by atoms with van der Waals surface area (Å²) in [4.78, 5) is 23.7. The largest absolute Gasteiger partial charge is 0.477 e. The summed E-state index contributed by atoms with van der Waals surface area (Å²) in [7, 11) is 0. The van der Waals surface area contributed by atoms with Gasteiger partial charge < -0.3 is 10.4 Å². The van der Waals surface area contributed by atoms with Gasteiger partial charge in [0.1, 0.15) is 4.88 Å². The van der Waals surface area contributed by atoms with Crippen LogP contribution in [0.5, 0.6) is 0 Å². The molecule has 2 aromatic heterocycles. The first-order valence-electron chi connectivity index (χ1n) is 5.54. The van der Waals surface area contributed by atoms with Gasteiger partial charge in [-0.1, -0.05) is 11.6 Å². The van der Waals surface area contributed by atoms with Crippen LogP contribution in [0.4, 0.5) is 5.00 Å². The summed E-state index contributed by atoms with van der Waals surface area (Å²) in [6, 6.07) is 5.21. The number of anilines is 1. The Morgan fingerprint density at radius 2 is 2.10 bits per heavy atom. The maximum atomic E-state index is 11.7. The molecular weight excluding hydrogens is 318 g/mol. The molecule has 0 aliphatic rings. The van der Waals surface area contributed by atoms with Crippen LogP contribution in [0, 0.1) is 6.92 Å². The topological polar surface area (TPSA) is 66.4 Å². The molecule has 0 unspecified atom stereocenters. The molecular formula is C13H10ClNO3S2. The van der Waals surface area contributed by atoms with Crippen molar-refractivity contribution in [2.45, 2.75) is 6.92 Å². The predicted molar refractivity (Wildman–Crippen MR) is 83.0 cm³/mol. The maximum absolute atomic E-state index is 11.7. The Morgan fingerprint density at radius 3 is 2.65 bits per heavy atom. The fourth-order valence-corrected chi connectivity index (χ4v) is 3.37. The Labute approximate surface area is 128 Å². The minimum absolute atomic E-state index is 0.231. The fraction of sp³-hybridized carbons (Fsp3) is 0.0769. The van der Waals surface area contributed by atoms with Crippen molar-refractivity contribution in [1.29, 1.82) is 0 Å². The number of carboxylic acid groups (broad SMARTS) is 1. The van der Waals surface area contributed by atoms with Gasteiger partial charge in [0, 0.05) is 11.0 Å². The van der Waals surface area contributed by atoms with Gasteiger partial charge in [-0.2, -0.15) is 0 Å². The number of aryl methyl sites for hydroxylation is 1. The molecule has 0 aliphatic carbocycles. The summed E-state index contributed by atoms with van der Waals surface area (Å²) in [5.74, 6) is -1.30. The first-order valence-corrected chi connectivity index (χ1v) is 7.55. The van der Waals surface area contributed by atoms with Gasteiger partial charge in [0.05, 0.1) is 9.34 Å². The van der Waals surface area contributed by atoms with E-state index < -0.39 is 5.97 Å². The molecule has 2 heterocycles. The average Bonchev–Trinajstić information content (AvgIpc) is 2.93. The second kappa shape index (κ2) is 6.21. The molecule has 0 aliphatic heterocycles. The van der Waals surface area contributed by atoms with Crippen LogP contribution in [0.25, 0.3) is 6.08 Å². The van der Waals surface area contributed by atoms with E-state index in [9.17, 15) is 9.59 Å². The number of carbonyl (C=O) groups is 2. The number of hydrogen-bond donors (Lipinski definition) is 2. The van der Waals surface area contributed by atoms with Crippen molar-refractivity contribution < 1.29 is 14.7 Å². The maximum Gasteiger partial charge on any atom is 0.346 e. The number of aromatic carboxylic acids is 1. The number of nitrogens with one attached hydrogen (secondary N) is 1. The van der Waals surface area contributed by atoms with Crippen LogP contribution >= 0.6 is 34.3 Å². The van der Waals surface area contributed by atoms with Crippen LogP contribution in [-0.2, 0) is 4.79 Å². The Hall–Kier alpha value is -1.63. The number of amides is 1. The molecule has 2 aromatic rings. The van der Waals surface area contributed by atoms with Crippen molar-refractivity contribution in [2.24, 2.45) is 0 Å². The highest BCUT2D eigenvalue weighted by atomic mass is 35.5. The van der Waals surface area contributed by atoms with Gasteiger partial charge in [-0.15, -0.1) is 22.7 Å². The lowest BCUT2D eigenvalue weighted by molar-refractivity contribution is -0.111. The number of carbonyl (C=O) groups excluding carboxylic acids is 1. The van der Waals surface area contributed by atoms with E-state index >= 15 is 0 Å². The van der Waals surface area contributed by atoms with E-state index in [1.165, 1.54) is 17.4 Å². The molecule has 0 bridgehead atoms. The van der Waals surface area contributed by atoms with E-state index in [-0.39, 0.29) is 10.8 Å². The molecule has 104 valence electrons. The number of carboxylic acids is 1. The lowest BCUT2D eigenvalue weighted by Gasteiger charge is -1.95. The van der Waals surface area contributed by atoms with Gasteiger partial charge in [-0.3, -0.25) is 4.79 Å². The number of halogens is 1. The van der Waals surface area contributed by atoms with Gasteiger partial charge >= 0.3 is 5.97 Å². The van der Waals surface area contributed by atoms with E-state index in [2.05, 4.69) is 5.32 Å². The van der Waals surface area contributed by atoms with Gasteiger partial charge in [0.25, 0.3) is 0 Å². The Kier molecular flexibility index (Phi) is 4.59. The Morgan fingerprint density at radius 1 is 1.35 bits per heavy atom. The van der Waals surface area contributed by atoms with Crippen LogP contribution in [0.1, 0.15) is 20.1 Å². The van der Waals surface area contributed by atoms with Gasteiger partial charge in [0.2, 0.25) is 5.91 Å². The second-order valence-corrected chi connectivity index (χ2v) is 6.69. The molecule has 0 fully saturated rings. The SMILES string of the molecule is Cc1cc(NC(=O)/C=C/c2ccc(Cl)s2)sc1C(=O)O. The second-order valence-electron chi connectivity index (χ2n) is 3.89. The normalized spacial score (nSPS) is 10.9. The smallest absolute Gasteiger partial charge is 0.346 e. The van der Waals surface area contributed by atoms with Crippen LogP contribution in [-0.4, -0.2) is 17.0 Å². The fourth-order valence-electron chi connectivity index (χ4n) is 1.49. The summed E-state index contributed by atoms with van der Waals surface area (Å²) in [6.07, 6.45) is 3.04. The van der Waals surface area contributed by atoms with E-state index in [4.69, 9.17) is 16.7 Å². The molecule has 0 radical (unpaired) electrons. The molecule has 20 heavy (non-hydrogen) atoms. The van der Waals surface area contributed by atoms with E-state index in [1.807, 2.05) is 6.07 Å². The monoisotopic (exact) mass is 327 g/mol. The Bertz CT molecular complexity index is 688. The molecule has 0 saturated carbocycles. The molecule has 2 N–H and O–H groups in total. The van der Waals surface area contributed by atoms with Crippen molar-refractivity contribution in [3.8, 4) is 0 Å². The van der Waals surface area contributed by atoms with Crippen molar-refractivity contribution in [1.82, 2.24) is 0 Å². The van der Waals surface area contributed by atoms with Crippen molar-refractivity contribution in [2.75, 3.05) is 5.32 Å². The molecule has 2 rings (SSSR count).